The first-order chi connectivity index (χ1) is 8.78. The van der Waals surface area contributed by atoms with Gasteiger partial charge in [-0.3, -0.25) is 0 Å². The van der Waals surface area contributed by atoms with Gasteiger partial charge < -0.3 is 20.6 Å². The molecule has 1 aliphatic carbocycles. The molecule has 0 spiro atoms. The number of hydrogen-bond acceptors (Lipinski definition) is 3. The number of carbonyl (C=O) groups excluding carboxylic acids is 1. The summed E-state index contributed by atoms with van der Waals surface area (Å²) in [4.78, 5) is 22.8. The number of carboxylic acid groups (broad SMARTS) is 1. The van der Waals surface area contributed by atoms with Crippen molar-refractivity contribution in [2.45, 2.75) is 70.9 Å². The average Bonchev–Trinajstić information content (AvgIpc) is 2.26. The molecule has 0 bridgehead atoms. The molecule has 0 heterocycles. The van der Waals surface area contributed by atoms with Gasteiger partial charge in [0.2, 0.25) is 0 Å². The van der Waals surface area contributed by atoms with E-state index in [1.54, 1.807) is 20.8 Å². The highest BCUT2D eigenvalue weighted by atomic mass is 16.6. The molecule has 1 amide bonds. The molecule has 0 aromatic rings. The second-order valence-electron chi connectivity index (χ2n) is 6.28. The molecule has 0 radical (unpaired) electrons. The van der Waals surface area contributed by atoms with Gasteiger partial charge in [0.1, 0.15) is 11.6 Å². The van der Waals surface area contributed by atoms with E-state index < -0.39 is 23.7 Å². The summed E-state index contributed by atoms with van der Waals surface area (Å²) >= 11 is 0. The van der Waals surface area contributed by atoms with Crippen molar-refractivity contribution < 1.29 is 24.9 Å². The number of alkyl carbamates (subject to hydrolysis) is 1. The van der Waals surface area contributed by atoms with Gasteiger partial charge in [0.15, 0.2) is 0 Å². The van der Waals surface area contributed by atoms with Gasteiger partial charge in [-0.1, -0.05) is 32.1 Å². The minimum atomic E-state index is -0.989. The van der Waals surface area contributed by atoms with E-state index in [1.165, 1.54) is 6.42 Å². The Morgan fingerprint density at radius 3 is 2.25 bits per heavy atom. The first-order valence-electron chi connectivity index (χ1n) is 7.00. The van der Waals surface area contributed by atoms with Gasteiger partial charge >= 0.3 is 12.1 Å². The highest BCUT2D eigenvalue weighted by molar-refractivity contribution is 5.80. The molecule has 0 saturated heterocycles. The van der Waals surface area contributed by atoms with Crippen molar-refractivity contribution in [1.29, 1.82) is 0 Å². The van der Waals surface area contributed by atoms with Gasteiger partial charge in [-0.15, -0.1) is 0 Å². The Bertz CT molecular complexity index is 318. The molecule has 4 N–H and O–H groups in total. The molecule has 6 heteroatoms. The molecule has 0 aromatic carbocycles. The molecule has 1 atom stereocenters. The second kappa shape index (κ2) is 8.09. The maximum absolute atomic E-state index is 11.6. The predicted octanol–water partition coefficient (Wildman–Crippen LogP) is 2.11. The second-order valence-corrected chi connectivity index (χ2v) is 6.28. The normalized spacial score (nSPS) is 17.8. The molecule has 6 nitrogen and oxygen atoms in total. The molecule has 0 unspecified atom stereocenters. The summed E-state index contributed by atoms with van der Waals surface area (Å²) in [6.45, 7) is 5.26. The molecule has 0 aromatic heterocycles. The zero-order chi connectivity index (χ0) is 14.5. The summed E-state index contributed by atoms with van der Waals surface area (Å²) in [6, 6.07) is -0.849. The first kappa shape index (κ1) is 18.7. The first-order valence-corrected chi connectivity index (χ1v) is 7.00. The minimum Gasteiger partial charge on any atom is -0.480 e. The fourth-order valence-corrected chi connectivity index (χ4v) is 2.43. The van der Waals surface area contributed by atoms with Crippen molar-refractivity contribution in [1.82, 2.24) is 5.32 Å². The highest BCUT2D eigenvalue weighted by Gasteiger charge is 2.27. The van der Waals surface area contributed by atoms with Crippen LogP contribution in [-0.4, -0.2) is 34.3 Å². The van der Waals surface area contributed by atoms with Gasteiger partial charge in [0.25, 0.3) is 0 Å². The topological polar surface area (TPSA) is 107 Å². The fourth-order valence-electron chi connectivity index (χ4n) is 2.43. The Morgan fingerprint density at radius 2 is 1.80 bits per heavy atom. The maximum atomic E-state index is 11.6. The Labute approximate surface area is 120 Å². The lowest BCUT2D eigenvalue weighted by atomic mass is 9.85. The molecule has 1 saturated carbocycles. The number of carbonyl (C=O) groups is 2. The van der Waals surface area contributed by atoms with Gasteiger partial charge in [0, 0.05) is 0 Å². The molecular formula is C14H27NO5. The minimum absolute atomic E-state index is 0. The molecular weight excluding hydrogens is 262 g/mol. The number of amides is 1. The number of rotatable bonds is 4. The van der Waals surface area contributed by atoms with Gasteiger partial charge in [0.05, 0.1) is 0 Å². The lowest BCUT2D eigenvalue weighted by molar-refractivity contribution is -0.140. The summed E-state index contributed by atoms with van der Waals surface area (Å²) < 4.78 is 5.09. The zero-order valence-corrected chi connectivity index (χ0v) is 12.6. The molecule has 20 heavy (non-hydrogen) atoms. The van der Waals surface area contributed by atoms with Crippen LogP contribution in [0.3, 0.4) is 0 Å². The SMILES string of the molecule is CC(C)(C)OC(=O)N[C@@H](CC1CCCCC1)C(=O)O.O. The van der Waals surface area contributed by atoms with E-state index in [0.29, 0.717) is 12.3 Å². The number of hydrogen-bond donors (Lipinski definition) is 2. The molecule has 1 fully saturated rings. The number of nitrogens with one attached hydrogen (secondary N) is 1. The molecule has 0 aliphatic heterocycles. The van der Waals surface area contributed by atoms with Crippen LogP contribution >= 0.6 is 0 Å². The summed E-state index contributed by atoms with van der Waals surface area (Å²) in [5.41, 5.74) is -0.613. The van der Waals surface area contributed by atoms with E-state index in [0.717, 1.165) is 25.7 Å². The summed E-state index contributed by atoms with van der Waals surface area (Å²) in [7, 11) is 0. The van der Waals surface area contributed by atoms with E-state index in [1.807, 2.05) is 0 Å². The van der Waals surface area contributed by atoms with Crippen LogP contribution in [0.15, 0.2) is 0 Å². The Morgan fingerprint density at radius 1 is 1.25 bits per heavy atom. The van der Waals surface area contributed by atoms with E-state index >= 15 is 0 Å². The average molecular weight is 289 g/mol. The van der Waals surface area contributed by atoms with Crippen LogP contribution < -0.4 is 5.32 Å². The standard InChI is InChI=1S/C14H25NO4.H2O/c1-14(2,3)19-13(18)15-11(12(16)17)9-10-7-5-4-6-8-10;/h10-11H,4-9H2,1-3H3,(H,15,18)(H,16,17);1H2/t11-;/m0./s1. The maximum Gasteiger partial charge on any atom is 0.408 e. The molecule has 118 valence electrons. The highest BCUT2D eigenvalue weighted by Crippen LogP contribution is 2.27. The van der Waals surface area contributed by atoms with Crippen LogP contribution in [0.5, 0.6) is 0 Å². The van der Waals surface area contributed by atoms with Gasteiger partial charge in [-0.25, -0.2) is 9.59 Å². The lowest BCUT2D eigenvalue weighted by Gasteiger charge is -2.26. The number of carboxylic acids is 1. The van der Waals surface area contributed by atoms with Crippen LogP contribution in [0.2, 0.25) is 0 Å². The lowest BCUT2D eigenvalue weighted by Crippen LogP contribution is -2.44. The molecule has 1 aliphatic rings. The van der Waals surface area contributed by atoms with Crippen molar-refractivity contribution in [3.8, 4) is 0 Å². The third kappa shape index (κ3) is 7.33. The fraction of sp³-hybridized carbons (Fsp3) is 0.857. The van der Waals surface area contributed by atoms with Crippen LogP contribution in [0, 0.1) is 5.92 Å². The summed E-state index contributed by atoms with van der Waals surface area (Å²) in [5, 5.41) is 11.6. The third-order valence-corrected chi connectivity index (χ3v) is 3.28. The summed E-state index contributed by atoms with van der Waals surface area (Å²) in [5.74, 6) is -0.596. The largest absolute Gasteiger partial charge is 0.480 e. The van der Waals surface area contributed by atoms with Crippen molar-refractivity contribution in [2.75, 3.05) is 0 Å². The monoisotopic (exact) mass is 289 g/mol. The van der Waals surface area contributed by atoms with E-state index in [9.17, 15) is 14.7 Å². The number of aliphatic carboxylic acids is 1. The van der Waals surface area contributed by atoms with E-state index in [-0.39, 0.29) is 5.48 Å². The third-order valence-electron chi connectivity index (χ3n) is 3.28. The number of ether oxygens (including phenoxy) is 1. The van der Waals surface area contributed by atoms with Crippen LogP contribution in [0.4, 0.5) is 4.79 Å². The quantitative estimate of drug-likeness (QED) is 0.826. The van der Waals surface area contributed by atoms with Crippen molar-refractivity contribution >= 4 is 12.1 Å². The van der Waals surface area contributed by atoms with Crippen molar-refractivity contribution in [2.24, 2.45) is 5.92 Å². The Balaban J connectivity index is 0.00000361. The predicted molar refractivity (Wildman–Crippen MR) is 75.6 cm³/mol. The van der Waals surface area contributed by atoms with Crippen LogP contribution in [0.1, 0.15) is 59.3 Å². The van der Waals surface area contributed by atoms with E-state index in [4.69, 9.17) is 4.74 Å². The van der Waals surface area contributed by atoms with Crippen molar-refractivity contribution in [3.63, 3.8) is 0 Å². The van der Waals surface area contributed by atoms with E-state index in [2.05, 4.69) is 5.32 Å². The van der Waals surface area contributed by atoms with Gasteiger partial charge in [-0.2, -0.15) is 0 Å². The Kier molecular flexibility index (Phi) is 7.57. The Hall–Kier alpha value is -1.30. The van der Waals surface area contributed by atoms with Crippen LogP contribution in [-0.2, 0) is 9.53 Å². The van der Waals surface area contributed by atoms with Crippen LogP contribution in [0.25, 0.3) is 0 Å². The summed E-state index contributed by atoms with van der Waals surface area (Å²) in [6.07, 6.45) is 5.49. The smallest absolute Gasteiger partial charge is 0.408 e. The molecule has 1 rings (SSSR count). The van der Waals surface area contributed by atoms with Gasteiger partial charge in [-0.05, 0) is 33.1 Å². The van der Waals surface area contributed by atoms with Crippen molar-refractivity contribution in [3.05, 3.63) is 0 Å². The zero-order valence-electron chi connectivity index (χ0n) is 12.6.